The van der Waals surface area contributed by atoms with Crippen LogP contribution in [0, 0.1) is 12.3 Å². The Labute approximate surface area is 262 Å². The number of fused-ring (bicyclic) bond motifs is 1. The van der Waals surface area contributed by atoms with Crippen LogP contribution in [-0.2, 0) is 17.8 Å². The zero-order valence-corrected chi connectivity index (χ0v) is 25.5. The van der Waals surface area contributed by atoms with Crippen molar-refractivity contribution in [1.29, 1.82) is 0 Å². The van der Waals surface area contributed by atoms with Crippen LogP contribution in [0.2, 0.25) is 5.02 Å². The van der Waals surface area contributed by atoms with Gasteiger partial charge in [-0.25, -0.2) is 4.31 Å². The maximum atomic E-state index is 12.0. The number of hydrogen-bond acceptors (Lipinski definition) is 6. The first-order valence-corrected chi connectivity index (χ1v) is 14.3. The van der Waals surface area contributed by atoms with E-state index in [0.29, 0.717) is 59.0 Å². The predicted molar refractivity (Wildman–Crippen MR) is 164 cm³/mol. The summed E-state index contributed by atoms with van der Waals surface area (Å²) >= 11 is 23.0. The summed E-state index contributed by atoms with van der Waals surface area (Å²) in [7, 11) is 1.57. The molecule has 4 rings (SSSR count). The van der Waals surface area contributed by atoms with Gasteiger partial charge in [0.05, 0.1) is 18.2 Å². The molecule has 3 aromatic rings. The molecule has 1 heterocycles. The predicted octanol–water partition coefficient (Wildman–Crippen LogP) is 6.87. The van der Waals surface area contributed by atoms with Gasteiger partial charge in [0.25, 0.3) is 14.9 Å². The van der Waals surface area contributed by atoms with Crippen LogP contribution in [0.3, 0.4) is 0 Å². The monoisotopic (exact) mass is 652 g/mol. The molecule has 0 bridgehead atoms. The third-order valence-electron chi connectivity index (χ3n) is 5.53. The molecule has 3 amide bonds. The summed E-state index contributed by atoms with van der Waals surface area (Å²) in [5.74, 6) is 2.68. The summed E-state index contributed by atoms with van der Waals surface area (Å²) < 4.78 is 9.82. The molecule has 3 aromatic carbocycles. The van der Waals surface area contributed by atoms with E-state index in [2.05, 4.69) is 11.2 Å². The Bertz CT molecular complexity index is 1400. The number of carbonyl (C=O) groups excluding carboxylic acids is 3. The summed E-state index contributed by atoms with van der Waals surface area (Å²) in [6.07, 6.45) is 6.19. The standard InChI is InChI=1S/C20H20ClNO3.C9H4Cl3NO2S/c1-3-12-25-18-10-6-15(13-19(18)24-2)7-11-20(23)22-14-16-4-8-17(21)9-5-16;10-9(11,12)16-13-7(14)5-3-1-2-4-6(5)8(13)15/h1,4-6,8-10,13H,7,11-12,14H2,2H3,(H,22,23);1-4H. The highest BCUT2D eigenvalue weighted by molar-refractivity contribution is 8.03. The molecule has 12 heteroatoms. The molecular formula is C29H24Cl4N2O5S. The second-order valence-corrected chi connectivity index (χ2v) is 12.9. The summed E-state index contributed by atoms with van der Waals surface area (Å²) in [4.78, 5) is 35.6. The quantitative estimate of drug-likeness (QED) is 0.117. The maximum Gasteiger partial charge on any atom is 0.271 e. The maximum absolute atomic E-state index is 12.0. The van der Waals surface area contributed by atoms with E-state index in [1.165, 1.54) is 0 Å². The van der Waals surface area contributed by atoms with E-state index in [4.69, 9.17) is 62.3 Å². The lowest BCUT2D eigenvalue weighted by molar-refractivity contribution is -0.121. The molecule has 214 valence electrons. The number of nitrogens with zero attached hydrogens (tertiary/aromatic N) is 1. The van der Waals surface area contributed by atoms with Crippen molar-refractivity contribution in [2.45, 2.75) is 22.5 Å². The summed E-state index contributed by atoms with van der Waals surface area (Å²) in [6, 6.07) is 19.4. The van der Waals surface area contributed by atoms with E-state index in [0.717, 1.165) is 15.4 Å². The van der Waals surface area contributed by atoms with Gasteiger partial charge in [-0.2, -0.15) is 0 Å². The number of benzene rings is 3. The number of amides is 3. The Morgan fingerprint density at radius 2 is 1.59 bits per heavy atom. The largest absolute Gasteiger partial charge is 0.493 e. The summed E-state index contributed by atoms with van der Waals surface area (Å²) in [6.45, 7) is 0.668. The minimum atomic E-state index is -1.74. The van der Waals surface area contributed by atoms with Crippen molar-refractivity contribution < 1.29 is 23.9 Å². The van der Waals surface area contributed by atoms with Crippen molar-refractivity contribution in [2.75, 3.05) is 13.7 Å². The molecule has 0 unspecified atom stereocenters. The molecule has 0 saturated carbocycles. The van der Waals surface area contributed by atoms with Crippen LogP contribution >= 0.6 is 58.4 Å². The summed E-state index contributed by atoms with van der Waals surface area (Å²) in [5, 5.41) is 3.58. The first kappa shape index (κ1) is 32.5. The first-order valence-electron chi connectivity index (χ1n) is 12.0. The number of imide groups is 1. The van der Waals surface area contributed by atoms with Crippen LogP contribution < -0.4 is 14.8 Å². The van der Waals surface area contributed by atoms with Gasteiger partial charge in [0.1, 0.15) is 6.61 Å². The molecule has 1 N–H and O–H groups in total. The first-order chi connectivity index (χ1) is 19.5. The van der Waals surface area contributed by atoms with Crippen molar-refractivity contribution in [3.63, 3.8) is 0 Å². The van der Waals surface area contributed by atoms with E-state index in [9.17, 15) is 14.4 Å². The highest BCUT2D eigenvalue weighted by atomic mass is 35.6. The molecule has 7 nitrogen and oxygen atoms in total. The number of halogens is 4. The minimum Gasteiger partial charge on any atom is -0.493 e. The van der Waals surface area contributed by atoms with Gasteiger partial charge in [-0.1, -0.05) is 82.7 Å². The average molecular weight is 654 g/mol. The van der Waals surface area contributed by atoms with Gasteiger partial charge in [-0.15, -0.1) is 6.42 Å². The Morgan fingerprint density at radius 3 is 2.15 bits per heavy atom. The van der Waals surface area contributed by atoms with Crippen molar-refractivity contribution in [1.82, 2.24) is 9.62 Å². The molecule has 0 aliphatic carbocycles. The van der Waals surface area contributed by atoms with Crippen molar-refractivity contribution >= 4 is 76.1 Å². The number of terminal acetylenes is 1. The van der Waals surface area contributed by atoms with Gasteiger partial charge in [0, 0.05) is 29.9 Å². The average Bonchev–Trinajstić information content (AvgIpc) is 3.19. The van der Waals surface area contributed by atoms with E-state index >= 15 is 0 Å². The number of hydrogen-bond donors (Lipinski definition) is 1. The van der Waals surface area contributed by atoms with Gasteiger partial charge in [0.2, 0.25) is 5.91 Å². The van der Waals surface area contributed by atoms with Crippen LogP contribution in [0.25, 0.3) is 0 Å². The lowest BCUT2D eigenvalue weighted by Crippen LogP contribution is -2.25. The Morgan fingerprint density at radius 1 is 0.976 bits per heavy atom. The van der Waals surface area contributed by atoms with E-state index < -0.39 is 14.9 Å². The lowest BCUT2D eigenvalue weighted by Gasteiger charge is -2.17. The molecule has 0 saturated heterocycles. The zero-order valence-electron chi connectivity index (χ0n) is 21.7. The van der Waals surface area contributed by atoms with Crippen LogP contribution in [0.15, 0.2) is 66.7 Å². The smallest absolute Gasteiger partial charge is 0.271 e. The molecular weight excluding hydrogens is 630 g/mol. The number of nitrogens with one attached hydrogen (secondary N) is 1. The number of carbonyl (C=O) groups is 3. The lowest BCUT2D eigenvalue weighted by atomic mass is 10.1. The molecule has 0 fully saturated rings. The topological polar surface area (TPSA) is 84.9 Å². The Kier molecular flexibility index (Phi) is 12.1. The molecule has 0 aromatic heterocycles. The third kappa shape index (κ3) is 9.77. The van der Waals surface area contributed by atoms with Crippen LogP contribution in [0.5, 0.6) is 11.5 Å². The third-order valence-corrected chi connectivity index (χ3v) is 7.13. The van der Waals surface area contributed by atoms with Crippen molar-refractivity contribution in [2.24, 2.45) is 0 Å². The number of alkyl halides is 3. The fraction of sp³-hybridized carbons (Fsp3) is 0.207. The molecule has 0 radical (unpaired) electrons. The van der Waals surface area contributed by atoms with Gasteiger partial charge >= 0.3 is 0 Å². The number of methoxy groups -OCH3 is 1. The highest BCUT2D eigenvalue weighted by Crippen LogP contribution is 2.44. The normalized spacial score (nSPS) is 12.1. The van der Waals surface area contributed by atoms with Crippen LogP contribution in [0.1, 0.15) is 38.3 Å². The Hall–Kier alpha value is -3.06. The SMILES string of the molecule is C#CCOc1ccc(CCC(=O)NCc2ccc(Cl)cc2)cc1OC.O=C1c2ccccc2C(=O)N1SC(Cl)(Cl)Cl. The molecule has 41 heavy (non-hydrogen) atoms. The van der Waals surface area contributed by atoms with Gasteiger partial charge in [-0.05, 0) is 53.9 Å². The van der Waals surface area contributed by atoms with Gasteiger partial charge < -0.3 is 14.8 Å². The second-order valence-electron chi connectivity index (χ2n) is 8.37. The zero-order chi connectivity index (χ0) is 30.0. The van der Waals surface area contributed by atoms with Gasteiger partial charge in [0.15, 0.2) is 11.5 Å². The number of rotatable bonds is 9. The molecule has 1 aliphatic rings. The second kappa shape index (κ2) is 15.2. The van der Waals surface area contributed by atoms with E-state index in [-0.39, 0.29) is 12.5 Å². The van der Waals surface area contributed by atoms with Crippen LogP contribution in [-0.4, -0.2) is 38.9 Å². The fourth-order valence-electron chi connectivity index (χ4n) is 3.61. The number of ether oxygens (including phenoxy) is 2. The van der Waals surface area contributed by atoms with E-state index in [1.807, 2.05) is 24.3 Å². The Balaban J connectivity index is 0.000000248. The van der Waals surface area contributed by atoms with E-state index in [1.54, 1.807) is 49.6 Å². The molecule has 0 spiro atoms. The number of aryl methyl sites for hydroxylation is 1. The van der Waals surface area contributed by atoms with Crippen molar-refractivity contribution in [3.8, 4) is 23.8 Å². The van der Waals surface area contributed by atoms with Crippen molar-refractivity contribution in [3.05, 3.63) is 94.0 Å². The fourth-order valence-corrected chi connectivity index (χ4v) is 4.93. The minimum absolute atomic E-state index is 0.0124. The highest BCUT2D eigenvalue weighted by Gasteiger charge is 2.40. The molecule has 1 aliphatic heterocycles. The van der Waals surface area contributed by atoms with Gasteiger partial charge in [-0.3, -0.25) is 14.4 Å². The van der Waals surface area contributed by atoms with Crippen LogP contribution in [0.4, 0.5) is 0 Å². The summed E-state index contributed by atoms with van der Waals surface area (Å²) in [5.41, 5.74) is 2.66. The molecule has 0 atom stereocenters.